The summed E-state index contributed by atoms with van der Waals surface area (Å²) in [6.07, 6.45) is 6.68. The lowest BCUT2D eigenvalue weighted by Crippen LogP contribution is -2.36. The van der Waals surface area contributed by atoms with Crippen LogP contribution in [0.1, 0.15) is 58.3 Å². The molecule has 1 aliphatic rings. The zero-order valence-corrected chi connectivity index (χ0v) is 23.8. The van der Waals surface area contributed by atoms with Crippen LogP contribution in [0.3, 0.4) is 0 Å². The molecule has 1 fully saturated rings. The number of thioether (sulfide) groups is 1. The molecule has 3 amide bonds. The third-order valence-electron chi connectivity index (χ3n) is 5.80. The van der Waals surface area contributed by atoms with Crippen LogP contribution in [0.5, 0.6) is 0 Å². The highest BCUT2D eigenvalue weighted by Gasteiger charge is 2.38. The molecule has 1 heterocycles. The number of hydrogen-bond acceptors (Lipinski definition) is 9. The van der Waals surface area contributed by atoms with Crippen LogP contribution in [0.2, 0.25) is 0 Å². The Hall–Kier alpha value is -1.24. The summed E-state index contributed by atoms with van der Waals surface area (Å²) in [6, 6.07) is 0. The maximum Gasteiger partial charge on any atom is 0.242 e. The molecule has 1 N–H and O–H groups in total. The van der Waals surface area contributed by atoms with E-state index in [0.717, 1.165) is 18.6 Å². The second-order valence-electron chi connectivity index (χ2n) is 8.94. The maximum absolute atomic E-state index is 12.6. The van der Waals surface area contributed by atoms with Crippen molar-refractivity contribution in [1.29, 1.82) is 0 Å². The molecule has 0 bridgehead atoms. The lowest BCUT2D eigenvalue weighted by Gasteiger charge is -2.18. The zero-order chi connectivity index (χ0) is 27.1. The first-order chi connectivity index (χ1) is 18.0. The second-order valence-corrected chi connectivity index (χ2v) is 10.3. The van der Waals surface area contributed by atoms with Gasteiger partial charge in [0.2, 0.25) is 17.7 Å². The average Bonchev–Trinajstić information content (AvgIpc) is 3.16. The molecule has 0 radical (unpaired) electrons. The van der Waals surface area contributed by atoms with E-state index >= 15 is 0 Å². The number of hydrogen-bond donors (Lipinski definition) is 1. The predicted molar refractivity (Wildman–Crippen MR) is 144 cm³/mol. The van der Waals surface area contributed by atoms with Crippen LogP contribution >= 0.6 is 11.8 Å². The van der Waals surface area contributed by atoms with Gasteiger partial charge in [-0.05, 0) is 18.6 Å². The van der Waals surface area contributed by atoms with E-state index in [1.807, 2.05) is 0 Å². The monoisotopic (exact) mass is 548 g/mol. The van der Waals surface area contributed by atoms with Crippen molar-refractivity contribution in [3.05, 3.63) is 0 Å². The SMILES string of the molecule is CCCCCCCSC1CC(=O)N(CCC(=O)NCCCOCC(COCCOC)OCCOC)C1=O. The van der Waals surface area contributed by atoms with E-state index in [2.05, 4.69) is 12.2 Å². The van der Waals surface area contributed by atoms with Crippen LogP contribution in [-0.4, -0.2) is 113 Å². The third kappa shape index (κ3) is 16.4. The number of nitrogens with one attached hydrogen (secondary N) is 1. The molecule has 1 saturated heterocycles. The number of amides is 3. The smallest absolute Gasteiger partial charge is 0.242 e. The van der Waals surface area contributed by atoms with E-state index in [1.165, 1.54) is 24.2 Å². The van der Waals surface area contributed by atoms with E-state index < -0.39 is 0 Å². The first-order valence-electron chi connectivity index (χ1n) is 13.5. The number of methoxy groups -OCH3 is 2. The van der Waals surface area contributed by atoms with Gasteiger partial charge in [0, 0.05) is 46.8 Å². The van der Waals surface area contributed by atoms with Crippen LogP contribution in [-0.2, 0) is 38.1 Å². The second kappa shape index (κ2) is 22.7. The summed E-state index contributed by atoms with van der Waals surface area (Å²) in [5.41, 5.74) is 0. The van der Waals surface area contributed by atoms with Gasteiger partial charge in [0.15, 0.2) is 0 Å². The Morgan fingerprint density at radius 2 is 1.68 bits per heavy atom. The van der Waals surface area contributed by atoms with Crippen molar-refractivity contribution < 1.29 is 38.1 Å². The third-order valence-corrected chi connectivity index (χ3v) is 7.09. The Morgan fingerprint density at radius 1 is 0.973 bits per heavy atom. The van der Waals surface area contributed by atoms with Crippen LogP contribution in [0.25, 0.3) is 0 Å². The fourth-order valence-electron chi connectivity index (χ4n) is 3.67. The van der Waals surface area contributed by atoms with Gasteiger partial charge in [0.25, 0.3) is 0 Å². The van der Waals surface area contributed by atoms with Crippen molar-refractivity contribution >= 4 is 29.5 Å². The summed E-state index contributed by atoms with van der Waals surface area (Å²) in [4.78, 5) is 38.3. The summed E-state index contributed by atoms with van der Waals surface area (Å²) in [6.45, 7) is 5.96. The molecule has 10 nitrogen and oxygen atoms in total. The minimum absolute atomic E-state index is 0.112. The summed E-state index contributed by atoms with van der Waals surface area (Å²) >= 11 is 1.57. The average molecular weight is 549 g/mol. The van der Waals surface area contributed by atoms with Gasteiger partial charge in [-0.3, -0.25) is 19.3 Å². The number of carbonyl (C=O) groups excluding carboxylic acids is 3. The van der Waals surface area contributed by atoms with Gasteiger partial charge in [-0.2, -0.15) is 0 Å². The minimum Gasteiger partial charge on any atom is -0.382 e. The van der Waals surface area contributed by atoms with Crippen molar-refractivity contribution in [2.45, 2.75) is 69.6 Å². The first kappa shape index (κ1) is 33.8. The number of imide groups is 1. The van der Waals surface area contributed by atoms with E-state index in [0.29, 0.717) is 59.2 Å². The number of nitrogens with zero attached hydrogens (tertiary/aromatic N) is 1. The Bertz CT molecular complexity index is 625. The van der Waals surface area contributed by atoms with Gasteiger partial charge in [-0.25, -0.2) is 0 Å². The number of unbranched alkanes of at least 4 members (excludes halogenated alkanes) is 4. The molecule has 0 aromatic heterocycles. The topological polar surface area (TPSA) is 113 Å². The molecular weight excluding hydrogens is 500 g/mol. The van der Waals surface area contributed by atoms with Crippen LogP contribution < -0.4 is 5.32 Å². The largest absolute Gasteiger partial charge is 0.382 e. The van der Waals surface area contributed by atoms with E-state index in [1.54, 1.807) is 26.0 Å². The molecule has 11 heteroatoms. The van der Waals surface area contributed by atoms with Crippen molar-refractivity contribution in [2.75, 3.05) is 79.3 Å². The van der Waals surface area contributed by atoms with Gasteiger partial charge in [-0.1, -0.05) is 32.6 Å². The zero-order valence-electron chi connectivity index (χ0n) is 23.0. The number of ether oxygens (including phenoxy) is 5. The Labute approximate surface area is 226 Å². The number of likely N-dealkylation sites (tertiary alicyclic amines) is 1. The van der Waals surface area contributed by atoms with Crippen LogP contribution in [0.15, 0.2) is 0 Å². The predicted octanol–water partition coefficient (Wildman–Crippen LogP) is 2.43. The molecule has 1 rings (SSSR count). The molecule has 1 aliphatic heterocycles. The standard InChI is InChI=1S/C26H48N2O8S/c1-4-5-6-7-8-18-37-23-19-25(30)28(26(23)31)12-10-24(29)27-11-9-13-34-20-22(36-17-15-33-3)21-35-16-14-32-2/h22-23H,4-21H2,1-3H3,(H,27,29). The van der Waals surface area contributed by atoms with Gasteiger partial charge in [0.1, 0.15) is 6.10 Å². The van der Waals surface area contributed by atoms with E-state index in [4.69, 9.17) is 23.7 Å². The van der Waals surface area contributed by atoms with Gasteiger partial charge >= 0.3 is 0 Å². The normalized spacial score (nSPS) is 16.5. The molecule has 2 atom stereocenters. The molecule has 37 heavy (non-hydrogen) atoms. The highest BCUT2D eigenvalue weighted by molar-refractivity contribution is 8.00. The minimum atomic E-state index is -0.299. The maximum atomic E-state index is 12.6. The van der Waals surface area contributed by atoms with E-state index in [9.17, 15) is 14.4 Å². The lowest BCUT2D eigenvalue weighted by molar-refractivity contribution is -0.138. The summed E-state index contributed by atoms with van der Waals surface area (Å²) in [5, 5.41) is 2.53. The molecular formula is C26H48N2O8S. The molecule has 2 unspecified atom stereocenters. The first-order valence-corrected chi connectivity index (χ1v) is 14.6. The Balaban J connectivity index is 2.16. The van der Waals surface area contributed by atoms with Crippen molar-refractivity contribution in [3.63, 3.8) is 0 Å². The number of carbonyl (C=O) groups is 3. The van der Waals surface area contributed by atoms with Crippen molar-refractivity contribution in [2.24, 2.45) is 0 Å². The lowest BCUT2D eigenvalue weighted by atomic mass is 10.2. The van der Waals surface area contributed by atoms with Crippen molar-refractivity contribution in [3.8, 4) is 0 Å². The summed E-state index contributed by atoms with van der Waals surface area (Å²) < 4.78 is 26.9. The number of rotatable bonds is 25. The van der Waals surface area contributed by atoms with Crippen LogP contribution in [0.4, 0.5) is 0 Å². The highest BCUT2D eigenvalue weighted by Crippen LogP contribution is 2.26. The van der Waals surface area contributed by atoms with Crippen molar-refractivity contribution in [1.82, 2.24) is 10.2 Å². The Kier molecular flexibility index (Phi) is 20.7. The summed E-state index contributed by atoms with van der Waals surface area (Å²) in [7, 11) is 3.24. The molecule has 0 aromatic carbocycles. The van der Waals surface area contributed by atoms with E-state index in [-0.39, 0.29) is 48.5 Å². The fourth-order valence-corrected chi connectivity index (χ4v) is 4.85. The quantitative estimate of drug-likeness (QED) is 0.136. The molecule has 0 aromatic rings. The molecule has 0 spiro atoms. The molecule has 216 valence electrons. The highest BCUT2D eigenvalue weighted by atomic mass is 32.2. The fraction of sp³-hybridized carbons (Fsp3) is 0.885. The van der Waals surface area contributed by atoms with Gasteiger partial charge in [-0.15, -0.1) is 11.8 Å². The molecule has 0 aliphatic carbocycles. The summed E-state index contributed by atoms with van der Waals surface area (Å²) in [5.74, 6) is 0.381. The van der Waals surface area contributed by atoms with Crippen LogP contribution in [0, 0.1) is 0 Å². The van der Waals surface area contributed by atoms with Gasteiger partial charge in [0.05, 0.1) is 44.9 Å². The Morgan fingerprint density at radius 3 is 2.41 bits per heavy atom. The van der Waals surface area contributed by atoms with Gasteiger partial charge < -0.3 is 29.0 Å². The molecule has 0 saturated carbocycles.